The molecule has 1 nitrogen and oxygen atoms in total. The Morgan fingerprint density at radius 2 is 1.64 bits per heavy atom. The Kier molecular flexibility index (Phi) is 3.20. The fourth-order valence-corrected chi connectivity index (χ4v) is 2.38. The van der Waals surface area contributed by atoms with Crippen molar-refractivity contribution < 1.29 is 5.73 Å². The van der Waals surface area contributed by atoms with Crippen molar-refractivity contribution in [3.63, 3.8) is 0 Å². The molecule has 0 atom stereocenters. The van der Waals surface area contributed by atoms with Crippen LogP contribution in [0, 0.1) is 5.92 Å². The molecule has 1 aromatic carbocycles. The lowest BCUT2D eigenvalue weighted by Crippen LogP contribution is -2.61. The summed E-state index contributed by atoms with van der Waals surface area (Å²) in [6.07, 6.45) is 6.69. The van der Waals surface area contributed by atoms with E-state index in [2.05, 4.69) is 36.1 Å². The van der Waals surface area contributed by atoms with Crippen LogP contribution in [0.5, 0.6) is 0 Å². The number of hydrogen-bond acceptors (Lipinski definition) is 0. The summed E-state index contributed by atoms with van der Waals surface area (Å²) in [5.74, 6) is 0.912. The van der Waals surface area contributed by atoms with E-state index in [-0.39, 0.29) is 0 Å². The lowest BCUT2D eigenvalue weighted by Gasteiger charge is -2.24. The summed E-state index contributed by atoms with van der Waals surface area (Å²) in [5, 5.41) is 0. The minimum absolute atomic E-state index is 0.724. The predicted molar refractivity (Wildman–Crippen MR) is 58.8 cm³/mol. The van der Waals surface area contributed by atoms with Crippen LogP contribution in [-0.4, -0.2) is 6.04 Å². The van der Waals surface area contributed by atoms with Crippen LogP contribution in [0.25, 0.3) is 0 Å². The molecule has 1 aliphatic rings. The molecule has 3 N–H and O–H groups in total. The van der Waals surface area contributed by atoms with Gasteiger partial charge in [0.25, 0.3) is 0 Å². The third kappa shape index (κ3) is 2.58. The maximum absolute atomic E-state index is 4.14. The first kappa shape index (κ1) is 9.72. The van der Waals surface area contributed by atoms with Gasteiger partial charge in [0.15, 0.2) is 0 Å². The number of rotatable bonds is 2. The van der Waals surface area contributed by atoms with E-state index in [0.29, 0.717) is 0 Å². The smallest absolute Gasteiger partial charge is 0.0843 e. The van der Waals surface area contributed by atoms with Crippen molar-refractivity contribution in [2.75, 3.05) is 0 Å². The standard InChI is InChI=1S/C13H19N/c14-13-8-6-12(7-9-13)10-11-4-2-1-3-5-11/h1-5,12-13H,6-10,14H2/p+1. The maximum Gasteiger partial charge on any atom is 0.0843 e. The summed E-state index contributed by atoms with van der Waals surface area (Å²) >= 11 is 0. The largest absolute Gasteiger partial charge is 0.355 e. The first-order valence-electron chi connectivity index (χ1n) is 5.71. The third-order valence-electron chi connectivity index (χ3n) is 3.33. The number of quaternary nitrogens is 1. The molecule has 0 saturated heterocycles. The van der Waals surface area contributed by atoms with E-state index in [4.69, 9.17) is 0 Å². The Morgan fingerprint density at radius 3 is 2.29 bits per heavy atom. The SMILES string of the molecule is [NH3+]C1CCC(Cc2ccccc2)CC1. The lowest BCUT2D eigenvalue weighted by atomic mass is 9.83. The van der Waals surface area contributed by atoms with Crippen molar-refractivity contribution in [2.24, 2.45) is 5.92 Å². The van der Waals surface area contributed by atoms with Crippen LogP contribution in [0.1, 0.15) is 31.2 Å². The minimum Gasteiger partial charge on any atom is -0.355 e. The quantitative estimate of drug-likeness (QED) is 0.739. The molecule has 0 bridgehead atoms. The Hall–Kier alpha value is -0.820. The highest BCUT2D eigenvalue weighted by Crippen LogP contribution is 2.25. The zero-order valence-electron chi connectivity index (χ0n) is 8.78. The Bertz CT molecular complexity index is 260. The van der Waals surface area contributed by atoms with Crippen LogP contribution in [0.4, 0.5) is 0 Å². The van der Waals surface area contributed by atoms with E-state index >= 15 is 0 Å². The molecule has 0 aromatic heterocycles. The van der Waals surface area contributed by atoms with Gasteiger partial charge in [-0.1, -0.05) is 30.3 Å². The first-order valence-corrected chi connectivity index (χ1v) is 5.71. The molecule has 14 heavy (non-hydrogen) atoms. The monoisotopic (exact) mass is 190 g/mol. The van der Waals surface area contributed by atoms with E-state index < -0.39 is 0 Å². The summed E-state index contributed by atoms with van der Waals surface area (Å²) in [6, 6.07) is 11.6. The highest BCUT2D eigenvalue weighted by Gasteiger charge is 2.20. The van der Waals surface area contributed by atoms with Gasteiger partial charge in [-0.15, -0.1) is 0 Å². The summed E-state index contributed by atoms with van der Waals surface area (Å²) in [7, 11) is 0. The number of benzene rings is 1. The fourth-order valence-electron chi connectivity index (χ4n) is 2.38. The third-order valence-corrected chi connectivity index (χ3v) is 3.33. The average Bonchev–Trinajstić information content (AvgIpc) is 2.23. The van der Waals surface area contributed by atoms with Gasteiger partial charge in [-0.05, 0) is 43.6 Å². The Balaban J connectivity index is 1.87. The molecule has 0 unspecified atom stereocenters. The second-order valence-electron chi connectivity index (χ2n) is 4.58. The predicted octanol–water partition coefficient (Wildman–Crippen LogP) is 2.03. The van der Waals surface area contributed by atoms with Gasteiger partial charge in [0, 0.05) is 0 Å². The van der Waals surface area contributed by atoms with Crippen LogP contribution < -0.4 is 5.73 Å². The zero-order chi connectivity index (χ0) is 9.80. The van der Waals surface area contributed by atoms with Crippen molar-refractivity contribution >= 4 is 0 Å². The average molecular weight is 190 g/mol. The fraction of sp³-hybridized carbons (Fsp3) is 0.538. The molecule has 0 spiro atoms. The van der Waals surface area contributed by atoms with E-state index in [1.54, 1.807) is 0 Å². The van der Waals surface area contributed by atoms with Crippen LogP contribution in [0.15, 0.2) is 30.3 Å². The molecule has 2 rings (SSSR count). The lowest BCUT2D eigenvalue weighted by molar-refractivity contribution is -0.426. The molecular formula is C13H20N+. The molecule has 0 radical (unpaired) electrons. The molecule has 1 aromatic rings. The van der Waals surface area contributed by atoms with Crippen molar-refractivity contribution in [2.45, 2.75) is 38.1 Å². The van der Waals surface area contributed by atoms with Gasteiger partial charge in [0.1, 0.15) is 0 Å². The Morgan fingerprint density at radius 1 is 1.00 bits per heavy atom. The molecule has 0 heterocycles. The normalized spacial score (nSPS) is 27.5. The summed E-state index contributed by atoms with van der Waals surface area (Å²) in [6.45, 7) is 0. The summed E-state index contributed by atoms with van der Waals surface area (Å²) < 4.78 is 0. The molecule has 1 fully saturated rings. The van der Waals surface area contributed by atoms with Crippen molar-refractivity contribution in [1.29, 1.82) is 0 Å². The van der Waals surface area contributed by atoms with Crippen LogP contribution in [0.2, 0.25) is 0 Å². The maximum atomic E-state index is 4.14. The molecule has 0 aliphatic heterocycles. The van der Waals surface area contributed by atoms with E-state index in [1.165, 1.54) is 37.7 Å². The van der Waals surface area contributed by atoms with E-state index in [1.807, 2.05) is 0 Å². The van der Waals surface area contributed by atoms with Gasteiger partial charge < -0.3 is 5.73 Å². The van der Waals surface area contributed by atoms with Crippen molar-refractivity contribution in [1.82, 2.24) is 0 Å². The summed E-state index contributed by atoms with van der Waals surface area (Å²) in [4.78, 5) is 0. The topological polar surface area (TPSA) is 27.6 Å². The van der Waals surface area contributed by atoms with Gasteiger partial charge in [0.2, 0.25) is 0 Å². The highest BCUT2D eigenvalue weighted by atomic mass is 14.6. The Labute approximate surface area is 86.3 Å². The summed E-state index contributed by atoms with van der Waals surface area (Å²) in [5.41, 5.74) is 5.64. The van der Waals surface area contributed by atoms with Gasteiger partial charge in [-0.2, -0.15) is 0 Å². The number of hydrogen-bond donors (Lipinski definition) is 1. The van der Waals surface area contributed by atoms with Gasteiger partial charge in [-0.25, -0.2) is 0 Å². The van der Waals surface area contributed by atoms with Gasteiger partial charge in [-0.3, -0.25) is 0 Å². The highest BCUT2D eigenvalue weighted by molar-refractivity contribution is 5.15. The minimum atomic E-state index is 0.724. The van der Waals surface area contributed by atoms with E-state index in [0.717, 1.165) is 12.0 Å². The molecule has 1 heteroatoms. The molecular weight excluding hydrogens is 170 g/mol. The molecule has 0 amide bonds. The van der Waals surface area contributed by atoms with Gasteiger partial charge in [0.05, 0.1) is 6.04 Å². The van der Waals surface area contributed by atoms with Gasteiger partial charge >= 0.3 is 0 Å². The first-order chi connectivity index (χ1) is 6.84. The van der Waals surface area contributed by atoms with Crippen molar-refractivity contribution in [3.8, 4) is 0 Å². The zero-order valence-corrected chi connectivity index (χ0v) is 8.78. The van der Waals surface area contributed by atoms with Crippen LogP contribution >= 0.6 is 0 Å². The second kappa shape index (κ2) is 4.61. The van der Waals surface area contributed by atoms with Crippen molar-refractivity contribution in [3.05, 3.63) is 35.9 Å². The van der Waals surface area contributed by atoms with Crippen LogP contribution in [-0.2, 0) is 6.42 Å². The molecule has 1 saturated carbocycles. The molecule has 76 valence electrons. The molecule has 1 aliphatic carbocycles. The van der Waals surface area contributed by atoms with Crippen LogP contribution in [0.3, 0.4) is 0 Å². The van der Waals surface area contributed by atoms with E-state index in [9.17, 15) is 0 Å². The second-order valence-corrected chi connectivity index (χ2v) is 4.58.